The topological polar surface area (TPSA) is 58.4 Å². The van der Waals surface area contributed by atoms with Crippen molar-refractivity contribution in [1.29, 1.82) is 0 Å². The summed E-state index contributed by atoms with van der Waals surface area (Å²) >= 11 is 0. The van der Waals surface area contributed by atoms with E-state index in [4.69, 9.17) is 0 Å². The van der Waals surface area contributed by atoms with Gasteiger partial charge in [-0.25, -0.2) is 0 Å². The van der Waals surface area contributed by atoms with Gasteiger partial charge in [-0.15, -0.1) is 0 Å². The molecule has 2 fully saturated rings. The van der Waals surface area contributed by atoms with Gasteiger partial charge < -0.3 is 9.80 Å². The Morgan fingerprint density at radius 3 is 2.48 bits per heavy atom. The molecule has 2 saturated heterocycles. The highest BCUT2D eigenvalue weighted by Crippen LogP contribution is 2.45. The van der Waals surface area contributed by atoms with Gasteiger partial charge in [-0.1, -0.05) is 24.3 Å². The maximum atomic E-state index is 12.9. The largest absolute Gasteiger partial charge is 0.337 e. The molecule has 2 aliphatic heterocycles. The van der Waals surface area contributed by atoms with Gasteiger partial charge in [0.05, 0.1) is 6.04 Å². The summed E-state index contributed by atoms with van der Waals surface area (Å²) in [7, 11) is 1.85. The maximum absolute atomic E-state index is 12.9. The molecule has 0 spiro atoms. The molecule has 0 aliphatic carbocycles. The first kappa shape index (κ1) is 17.8. The van der Waals surface area contributed by atoms with Crippen LogP contribution < -0.4 is 0 Å². The fourth-order valence-corrected chi connectivity index (χ4v) is 4.68. The zero-order valence-electron chi connectivity index (χ0n) is 16.3. The maximum Gasteiger partial charge on any atom is 0.274 e. The van der Waals surface area contributed by atoms with E-state index in [1.807, 2.05) is 42.0 Å². The zero-order chi connectivity index (χ0) is 19.3. The summed E-state index contributed by atoms with van der Waals surface area (Å²) in [6.07, 6.45) is 0. The predicted octanol–water partition coefficient (Wildman–Crippen LogP) is 2.33. The summed E-state index contributed by atoms with van der Waals surface area (Å²) in [5.74, 6) is 0.679. The lowest BCUT2D eigenvalue weighted by Gasteiger charge is -2.30. The quantitative estimate of drug-likeness (QED) is 0.820. The van der Waals surface area contributed by atoms with Gasteiger partial charge in [-0.2, -0.15) is 5.10 Å². The van der Waals surface area contributed by atoms with Crippen LogP contribution in [0.25, 0.3) is 0 Å². The first-order valence-electron chi connectivity index (χ1n) is 9.49. The number of amides is 2. The number of hydrogen-bond donors (Lipinski definition) is 0. The monoisotopic (exact) mass is 366 g/mol. The number of carbonyl (C=O) groups is 2. The number of aryl methyl sites for hydroxylation is 3. The normalized spacial score (nSPS) is 24.4. The molecule has 4 rings (SSSR count). The van der Waals surface area contributed by atoms with Gasteiger partial charge in [0.2, 0.25) is 5.91 Å². The molecule has 0 saturated carbocycles. The highest BCUT2D eigenvalue weighted by atomic mass is 16.2. The number of nitrogens with zero attached hydrogens (tertiary/aromatic N) is 4. The van der Waals surface area contributed by atoms with Crippen molar-refractivity contribution in [2.24, 2.45) is 18.9 Å². The average Bonchev–Trinajstić information content (AvgIpc) is 3.28. The Morgan fingerprint density at radius 2 is 1.85 bits per heavy atom. The Kier molecular flexibility index (Phi) is 4.29. The van der Waals surface area contributed by atoms with Gasteiger partial charge in [-0.05, 0) is 31.0 Å². The predicted molar refractivity (Wildman–Crippen MR) is 102 cm³/mol. The number of rotatable bonds is 2. The molecule has 1 aromatic carbocycles. The summed E-state index contributed by atoms with van der Waals surface area (Å²) < 4.78 is 1.73. The number of benzene rings is 1. The molecule has 3 heterocycles. The van der Waals surface area contributed by atoms with Crippen LogP contribution in [0.15, 0.2) is 30.3 Å². The third-order valence-corrected chi connectivity index (χ3v) is 6.20. The molecule has 0 unspecified atom stereocenters. The minimum atomic E-state index is -0.00833. The summed E-state index contributed by atoms with van der Waals surface area (Å²) in [4.78, 5) is 29.1. The highest BCUT2D eigenvalue weighted by Gasteiger charge is 2.49. The van der Waals surface area contributed by atoms with Crippen LogP contribution in [0, 0.1) is 25.7 Å². The summed E-state index contributed by atoms with van der Waals surface area (Å²) in [5.41, 5.74) is 3.87. The SMILES string of the molecule is CC(=O)N1C[C@H]2CN(C(=O)c3cc(C)n(C)n3)C[C@H]2[C@H]1c1ccccc1C. The molecule has 2 amide bonds. The fraction of sp³-hybridized carbons (Fsp3) is 0.476. The van der Waals surface area contributed by atoms with Crippen LogP contribution in [0.1, 0.15) is 40.3 Å². The van der Waals surface area contributed by atoms with Crippen LogP contribution >= 0.6 is 0 Å². The van der Waals surface area contributed by atoms with Crippen molar-refractivity contribution in [3.05, 3.63) is 52.8 Å². The zero-order valence-corrected chi connectivity index (χ0v) is 16.3. The molecule has 0 radical (unpaired) electrons. The van der Waals surface area contributed by atoms with Crippen molar-refractivity contribution >= 4 is 11.8 Å². The molecule has 6 heteroatoms. The van der Waals surface area contributed by atoms with Crippen LogP contribution in [0.2, 0.25) is 0 Å². The van der Waals surface area contributed by atoms with E-state index in [0.717, 1.165) is 5.69 Å². The van der Waals surface area contributed by atoms with E-state index in [0.29, 0.717) is 31.2 Å². The first-order chi connectivity index (χ1) is 12.9. The average molecular weight is 366 g/mol. The number of fused-ring (bicyclic) bond motifs is 1. The molecule has 142 valence electrons. The molecule has 0 N–H and O–H groups in total. The highest BCUT2D eigenvalue weighted by molar-refractivity contribution is 5.92. The van der Waals surface area contributed by atoms with Crippen LogP contribution in [-0.4, -0.2) is 51.0 Å². The van der Waals surface area contributed by atoms with Crippen molar-refractivity contribution in [2.45, 2.75) is 26.8 Å². The van der Waals surface area contributed by atoms with Crippen LogP contribution in [0.3, 0.4) is 0 Å². The first-order valence-corrected chi connectivity index (χ1v) is 9.49. The molecule has 0 bridgehead atoms. The summed E-state index contributed by atoms with van der Waals surface area (Å²) in [6, 6.07) is 10.1. The smallest absolute Gasteiger partial charge is 0.274 e. The van der Waals surface area contributed by atoms with Gasteiger partial charge >= 0.3 is 0 Å². The lowest BCUT2D eigenvalue weighted by molar-refractivity contribution is -0.130. The Hall–Kier alpha value is -2.63. The van der Waals surface area contributed by atoms with Gasteiger partial charge in [0.1, 0.15) is 0 Å². The minimum Gasteiger partial charge on any atom is -0.337 e. The lowest BCUT2D eigenvalue weighted by atomic mass is 9.87. The van der Waals surface area contributed by atoms with E-state index >= 15 is 0 Å². The molecule has 1 aromatic heterocycles. The third kappa shape index (κ3) is 2.93. The van der Waals surface area contributed by atoms with Gasteiger partial charge in [-0.3, -0.25) is 14.3 Å². The lowest BCUT2D eigenvalue weighted by Crippen LogP contribution is -2.36. The second kappa shape index (κ2) is 6.51. The number of hydrogen-bond acceptors (Lipinski definition) is 3. The molecule has 27 heavy (non-hydrogen) atoms. The van der Waals surface area contributed by atoms with E-state index in [1.54, 1.807) is 11.6 Å². The van der Waals surface area contributed by atoms with Gasteiger partial charge in [0.15, 0.2) is 5.69 Å². The number of likely N-dealkylation sites (tertiary alicyclic amines) is 2. The van der Waals surface area contributed by atoms with Crippen molar-refractivity contribution < 1.29 is 9.59 Å². The van der Waals surface area contributed by atoms with E-state index in [9.17, 15) is 9.59 Å². The standard InChI is InChI=1S/C21H26N4O2/c1-13-7-5-6-8-17(13)20-18-12-24(10-16(18)11-25(20)15(3)26)21(27)19-9-14(2)23(4)22-19/h5-9,16,18,20H,10-12H2,1-4H3/t16-,18-,20-/m1/s1. The van der Waals surface area contributed by atoms with Gasteiger partial charge in [0.25, 0.3) is 5.91 Å². The Labute approximate surface area is 159 Å². The van der Waals surface area contributed by atoms with Gasteiger partial charge in [0, 0.05) is 51.1 Å². The van der Waals surface area contributed by atoms with E-state index in [1.165, 1.54) is 11.1 Å². The van der Waals surface area contributed by atoms with Crippen molar-refractivity contribution in [3.8, 4) is 0 Å². The molecule has 3 atom stereocenters. The van der Waals surface area contributed by atoms with Crippen molar-refractivity contribution in [3.63, 3.8) is 0 Å². The second-order valence-corrected chi connectivity index (χ2v) is 7.90. The fourth-order valence-electron chi connectivity index (χ4n) is 4.68. The summed E-state index contributed by atoms with van der Waals surface area (Å²) in [6.45, 7) is 7.75. The van der Waals surface area contributed by atoms with Crippen molar-refractivity contribution in [1.82, 2.24) is 19.6 Å². The Morgan fingerprint density at radius 1 is 1.11 bits per heavy atom. The summed E-state index contributed by atoms with van der Waals surface area (Å²) in [5, 5.41) is 4.34. The Bertz CT molecular complexity index is 884. The molecule has 2 aliphatic rings. The minimum absolute atomic E-state index is 0.00833. The van der Waals surface area contributed by atoms with E-state index in [2.05, 4.69) is 24.2 Å². The van der Waals surface area contributed by atoms with E-state index < -0.39 is 0 Å². The van der Waals surface area contributed by atoms with Crippen molar-refractivity contribution in [2.75, 3.05) is 19.6 Å². The third-order valence-electron chi connectivity index (χ3n) is 6.20. The molecule has 2 aromatic rings. The molecule has 6 nitrogen and oxygen atoms in total. The molecular weight excluding hydrogens is 340 g/mol. The van der Waals surface area contributed by atoms with Crippen LogP contribution in [0.5, 0.6) is 0 Å². The van der Waals surface area contributed by atoms with E-state index in [-0.39, 0.29) is 23.8 Å². The molecular formula is C21H26N4O2. The second-order valence-electron chi connectivity index (χ2n) is 7.90. The number of aromatic nitrogens is 2. The number of carbonyl (C=O) groups excluding carboxylic acids is 2. The van der Waals surface area contributed by atoms with Crippen LogP contribution in [0.4, 0.5) is 0 Å². The Balaban J connectivity index is 1.61. The van der Waals surface area contributed by atoms with Crippen LogP contribution in [-0.2, 0) is 11.8 Å².